The lowest BCUT2D eigenvalue weighted by Gasteiger charge is -2.21. The van der Waals surface area contributed by atoms with Crippen LogP contribution in [0.4, 0.5) is 0 Å². The SMILES string of the molecule is CN(C)CCCN1CCCN(CCN)CC1. The van der Waals surface area contributed by atoms with Gasteiger partial charge in [0.15, 0.2) is 0 Å². The minimum atomic E-state index is 0.792. The highest BCUT2D eigenvalue weighted by molar-refractivity contribution is 4.70. The molecule has 1 aliphatic rings. The fourth-order valence-corrected chi connectivity index (χ4v) is 2.26. The molecule has 0 aromatic heterocycles. The Labute approximate surface area is 100 Å². The first-order chi connectivity index (χ1) is 7.72. The van der Waals surface area contributed by atoms with Crippen molar-refractivity contribution in [3.8, 4) is 0 Å². The summed E-state index contributed by atoms with van der Waals surface area (Å²) in [5.41, 5.74) is 5.60. The first-order valence-corrected chi connectivity index (χ1v) is 6.52. The Hall–Kier alpha value is -0.160. The van der Waals surface area contributed by atoms with Gasteiger partial charge in [0.05, 0.1) is 0 Å². The molecule has 2 N–H and O–H groups in total. The smallest absolute Gasteiger partial charge is 0.0110 e. The molecule has 1 rings (SSSR count). The summed E-state index contributed by atoms with van der Waals surface area (Å²) in [5.74, 6) is 0. The van der Waals surface area contributed by atoms with E-state index in [0.717, 1.165) is 13.1 Å². The molecule has 4 heteroatoms. The summed E-state index contributed by atoms with van der Waals surface area (Å²) in [7, 11) is 4.29. The monoisotopic (exact) mass is 228 g/mol. The molecular weight excluding hydrogens is 200 g/mol. The predicted octanol–water partition coefficient (Wildman–Crippen LogP) is -0.0955. The molecule has 0 unspecified atom stereocenters. The summed E-state index contributed by atoms with van der Waals surface area (Å²) in [6.07, 6.45) is 2.58. The average Bonchev–Trinajstić information content (AvgIpc) is 2.44. The molecule has 0 saturated carbocycles. The highest BCUT2D eigenvalue weighted by Gasteiger charge is 2.13. The second kappa shape index (κ2) is 8.01. The van der Waals surface area contributed by atoms with E-state index in [4.69, 9.17) is 5.73 Å². The summed E-state index contributed by atoms with van der Waals surface area (Å²) in [4.78, 5) is 7.35. The molecule has 0 spiro atoms. The predicted molar refractivity (Wildman–Crippen MR) is 69.7 cm³/mol. The summed E-state index contributed by atoms with van der Waals surface area (Å²) in [5, 5.41) is 0. The van der Waals surface area contributed by atoms with Crippen molar-refractivity contribution < 1.29 is 0 Å². The zero-order chi connectivity index (χ0) is 11.8. The number of nitrogens with zero attached hydrogens (tertiary/aromatic N) is 3. The molecule has 1 heterocycles. The Balaban J connectivity index is 2.14. The molecule has 0 aromatic rings. The van der Waals surface area contributed by atoms with Crippen LogP contribution in [0.3, 0.4) is 0 Å². The molecule has 96 valence electrons. The Morgan fingerprint density at radius 1 is 1.00 bits per heavy atom. The van der Waals surface area contributed by atoms with Crippen LogP contribution >= 0.6 is 0 Å². The lowest BCUT2D eigenvalue weighted by Crippen LogP contribution is -2.34. The van der Waals surface area contributed by atoms with E-state index >= 15 is 0 Å². The van der Waals surface area contributed by atoms with Gasteiger partial charge in [0.2, 0.25) is 0 Å². The van der Waals surface area contributed by atoms with E-state index in [0.29, 0.717) is 0 Å². The number of nitrogens with two attached hydrogens (primary N) is 1. The van der Waals surface area contributed by atoms with E-state index in [2.05, 4.69) is 28.8 Å². The number of hydrogen-bond acceptors (Lipinski definition) is 4. The fourth-order valence-electron chi connectivity index (χ4n) is 2.26. The van der Waals surface area contributed by atoms with Gasteiger partial charge in [-0.1, -0.05) is 0 Å². The summed E-state index contributed by atoms with van der Waals surface area (Å²) in [6.45, 7) is 9.19. The van der Waals surface area contributed by atoms with Crippen LogP contribution in [0.1, 0.15) is 12.8 Å². The molecule has 0 atom stereocenters. The summed E-state index contributed by atoms with van der Waals surface area (Å²) >= 11 is 0. The average molecular weight is 228 g/mol. The highest BCUT2D eigenvalue weighted by atomic mass is 15.2. The second-order valence-electron chi connectivity index (χ2n) is 4.98. The van der Waals surface area contributed by atoms with Gasteiger partial charge >= 0.3 is 0 Å². The number of rotatable bonds is 6. The molecule has 0 aliphatic carbocycles. The van der Waals surface area contributed by atoms with Crippen molar-refractivity contribution in [3.63, 3.8) is 0 Å². The van der Waals surface area contributed by atoms with Crippen LogP contribution in [0.15, 0.2) is 0 Å². The molecule has 1 fully saturated rings. The summed E-state index contributed by atoms with van der Waals surface area (Å²) < 4.78 is 0. The molecule has 1 saturated heterocycles. The highest BCUT2D eigenvalue weighted by Crippen LogP contribution is 2.03. The van der Waals surface area contributed by atoms with Crippen molar-refractivity contribution in [2.24, 2.45) is 5.73 Å². The third-order valence-corrected chi connectivity index (χ3v) is 3.21. The second-order valence-corrected chi connectivity index (χ2v) is 4.98. The quantitative estimate of drug-likeness (QED) is 0.689. The lowest BCUT2D eigenvalue weighted by molar-refractivity contribution is 0.248. The molecule has 16 heavy (non-hydrogen) atoms. The van der Waals surface area contributed by atoms with E-state index in [1.165, 1.54) is 52.1 Å². The van der Waals surface area contributed by atoms with Gasteiger partial charge in [-0.2, -0.15) is 0 Å². The van der Waals surface area contributed by atoms with Gasteiger partial charge in [0.1, 0.15) is 0 Å². The Morgan fingerprint density at radius 2 is 1.62 bits per heavy atom. The maximum absolute atomic E-state index is 5.60. The lowest BCUT2D eigenvalue weighted by atomic mass is 10.3. The van der Waals surface area contributed by atoms with Crippen LogP contribution in [0.5, 0.6) is 0 Å². The van der Waals surface area contributed by atoms with Gasteiger partial charge in [-0.05, 0) is 53.1 Å². The van der Waals surface area contributed by atoms with Crippen molar-refractivity contribution in [3.05, 3.63) is 0 Å². The molecular formula is C12H28N4. The van der Waals surface area contributed by atoms with E-state index < -0.39 is 0 Å². The number of hydrogen-bond donors (Lipinski definition) is 1. The topological polar surface area (TPSA) is 35.7 Å². The van der Waals surface area contributed by atoms with Crippen LogP contribution < -0.4 is 5.73 Å². The van der Waals surface area contributed by atoms with Crippen LogP contribution in [-0.4, -0.2) is 81.2 Å². The van der Waals surface area contributed by atoms with E-state index in [-0.39, 0.29) is 0 Å². The van der Waals surface area contributed by atoms with E-state index in [1.54, 1.807) is 0 Å². The van der Waals surface area contributed by atoms with Crippen molar-refractivity contribution in [2.45, 2.75) is 12.8 Å². The Bertz CT molecular complexity index is 172. The van der Waals surface area contributed by atoms with Crippen LogP contribution in [0, 0.1) is 0 Å². The van der Waals surface area contributed by atoms with Gasteiger partial charge in [-0.25, -0.2) is 0 Å². The minimum absolute atomic E-state index is 0.792. The summed E-state index contributed by atoms with van der Waals surface area (Å²) in [6, 6.07) is 0. The maximum atomic E-state index is 5.60. The van der Waals surface area contributed by atoms with Gasteiger partial charge in [0.25, 0.3) is 0 Å². The fraction of sp³-hybridized carbons (Fsp3) is 1.00. The standard InChI is InChI=1S/C12H28N4/c1-14(2)6-3-7-15-8-4-9-16(10-5-13)12-11-15/h3-13H2,1-2H3. The molecule has 0 radical (unpaired) electrons. The van der Waals surface area contributed by atoms with Crippen molar-refractivity contribution >= 4 is 0 Å². The van der Waals surface area contributed by atoms with Gasteiger partial charge < -0.3 is 20.4 Å². The first-order valence-electron chi connectivity index (χ1n) is 6.52. The third kappa shape index (κ3) is 5.80. The molecule has 4 nitrogen and oxygen atoms in total. The van der Waals surface area contributed by atoms with Crippen molar-refractivity contribution in [1.29, 1.82) is 0 Å². The maximum Gasteiger partial charge on any atom is 0.0110 e. The molecule has 0 aromatic carbocycles. The Kier molecular flexibility index (Phi) is 6.96. The largest absolute Gasteiger partial charge is 0.329 e. The molecule has 0 bridgehead atoms. The Morgan fingerprint density at radius 3 is 2.19 bits per heavy atom. The van der Waals surface area contributed by atoms with Crippen LogP contribution in [-0.2, 0) is 0 Å². The van der Waals surface area contributed by atoms with Gasteiger partial charge in [-0.3, -0.25) is 0 Å². The van der Waals surface area contributed by atoms with Crippen molar-refractivity contribution in [2.75, 3.05) is 66.5 Å². The zero-order valence-corrected chi connectivity index (χ0v) is 11.0. The molecule has 0 amide bonds. The van der Waals surface area contributed by atoms with E-state index in [1.807, 2.05) is 0 Å². The zero-order valence-electron chi connectivity index (χ0n) is 11.0. The minimum Gasteiger partial charge on any atom is -0.329 e. The third-order valence-electron chi connectivity index (χ3n) is 3.21. The van der Waals surface area contributed by atoms with Crippen LogP contribution in [0.25, 0.3) is 0 Å². The first kappa shape index (κ1) is 13.9. The van der Waals surface area contributed by atoms with Crippen molar-refractivity contribution in [1.82, 2.24) is 14.7 Å². The van der Waals surface area contributed by atoms with Crippen LogP contribution in [0.2, 0.25) is 0 Å². The van der Waals surface area contributed by atoms with E-state index in [9.17, 15) is 0 Å². The van der Waals surface area contributed by atoms with Gasteiger partial charge in [-0.15, -0.1) is 0 Å². The normalized spacial score (nSPS) is 20.2. The molecule has 1 aliphatic heterocycles. The van der Waals surface area contributed by atoms with Gasteiger partial charge in [0, 0.05) is 26.2 Å².